The number of carboxylic acids is 1. The summed E-state index contributed by atoms with van der Waals surface area (Å²) in [6.07, 6.45) is 0. The molecule has 0 aliphatic heterocycles. The third-order valence-corrected chi connectivity index (χ3v) is 2.55. The number of hydrogen-bond acceptors (Lipinski definition) is 4. The molecule has 18 heavy (non-hydrogen) atoms. The van der Waals surface area contributed by atoms with Crippen LogP contribution in [0.1, 0.15) is 10.5 Å². The maximum atomic E-state index is 11.0. The number of H-pyrrole nitrogens is 1. The lowest BCUT2D eigenvalue weighted by Gasteiger charge is -2.07. The summed E-state index contributed by atoms with van der Waals surface area (Å²) in [5.41, 5.74) is 1.16. The molecule has 0 saturated heterocycles. The van der Waals surface area contributed by atoms with E-state index in [4.69, 9.17) is 22.1 Å². The Morgan fingerprint density at radius 1 is 1.44 bits per heavy atom. The second kappa shape index (κ2) is 4.97. The Bertz CT molecular complexity index is 652. The molecule has 0 bridgehead atoms. The Hall–Kier alpha value is -2.21. The number of nitrogens with zero attached hydrogens (tertiary/aromatic N) is 1. The molecule has 0 aliphatic rings. The van der Waals surface area contributed by atoms with Crippen LogP contribution in [0.5, 0.6) is 5.75 Å². The van der Waals surface area contributed by atoms with E-state index < -0.39 is 5.97 Å². The molecule has 0 fully saturated rings. The number of carboxylic acid groups (broad SMARTS) is 1. The maximum Gasteiger partial charge on any atom is 0.352 e. The number of aromatic carboxylic acids is 1. The number of aromatic amines is 1. The van der Waals surface area contributed by atoms with Crippen LogP contribution in [0.2, 0.25) is 0 Å². The van der Waals surface area contributed by atoms with E-state index >= 15 is 0 Å². The van der Waals surface area contributed by atoms with Crippen LogP contribution in [0.4, 0.5) is 0 Å². The van der Waals surface area contributed by atoms with Crippen molar-refractivity contribution in [3.63, 3.8) is 0 Å². The molecule has 0 unspecified atom stereocenters. The van der Waals surface area contributed by atoms with Crippen LogP contribution in [0.15, 0.2) is 30.3 Å². The van der Waals surface area contributed by atoms with Crippen molar-refractivity contribution in [2.45, 2.75) is 0 Å². The van der Waals surface area contributed by atoms with Crippen molar-refractivity contribution < 1.29 is 14.6 Å². The average Bonchev–Trinajstić information content (AvgIpc) is 2.38. The zero-order valence-electron chi connectivity index (χ0n) is 9.51. The van der Waals surface area contributed by atoms with Gasteiger partial charge < -0.3 is 14.8 Å². The first-order valence-electron chi connectivity index (χ1n) is 5.10. The minimum absolute atomic E-state index is 0.00379. The fourth-order valence-corrected chi connectivity index (χ4v) is 1.78. The van der Waals surface area contributed by atoms with Gasteiger partial charge in [0, 0.05) is 5.56 Å². The number of methoxy groups -OCH3 is 1. The van der Waals surface area contributed by atoms with E-state index in [0.717, 1.165) is 0 Å². The molecular weight excluding hydrogens is 252 g/mol. The van der Waals surface area contributed by atoms with Crippen molar-refractivity contribution in [3.05, 3.63) is 40.8 Å². The van der Waals surface area contributed by atoms with Crippen LogP contribution in [-0.2, 0) is 0 Å². The molecule has 5 nitrogen and oxygen atoms in total. The van der Waals surface area contributed by atoms with Crippen LogP contribution in [-0.4, -0.2) is 28.2 Å². The lowest BCUT2D eigenvalue weighted by Crippen LogP contribution is -2.02. The molecule has 1 aromatic heterocycles. The molecule has 1 aromatic carbocycles. The topological polar surface area (TPSA) is 75.2 Å². The highest BCUT2D eigenvalue weighted by molar-refractivity contribution is 7.71. The summed E-state index contributed by atoms with van der Waals surface area (Å²) < 4.78 is 5.33. The van der Waals surface area contributed by atoms with Gasteiger partial charge >= 0.3 is 5.97 Å². The minimum Gasteiger partial charge on any atom is -0.496 e. The van der Waals surface area contributed by atoms with Gasteiger partial charge in [0.2, 0.25) is 0 Å². The van der Waals surface area contributed by atoms with Gasteiger partial charge in [-0.05, 0) is 30.4 Å². The maximum absolute atomic E-state index is 11.0. The standard InChI is InChI=1S/C12H10N2O3S/c1-17-10-5-3-2-4-7(10)8-6-9(11(15)16)14-12(18)13-8/h2-6H,1H3,(H,15,16)(H,13,14,18). The number of para-hydroxylation sites is 1. The van der Waals surface area contributed by atoms with Crippen LogP contribution in [0.3, 0.4) is 0 Å². The molecule has 2 aromatic rings. The minimum atomic E-state index is -1.08. The molecular formula is C12H10N2O3S. The number of carbonyl (C=O) groups is 1. The summed E-state index contributed by atoms with van der Waals surface area (Å²) in [5.74, 6) is -0.471. The van der Waals surface area contributed by atoms with Crippen molar-refractivity contribution in [1.29, 1.82) is 0 Å². The van der Waals surface area contributed by atoms with E-state index in [1.807, 2.05) is 12.1 Å². The average molecular weight is 262 g/mol. The molecule has 0 radical (unpaired) electrons. The zero-order chi connectivity index (χ0) is 13.1. The van der Waals surface area contributed by atoms with Crippen LogP contribution < -0.4 is 4.74 Å². The number of nitrogens with one attached hydrogen (secondary N) is 1. The van der Waals surface area contributed by atoms with Crippen molar-refractivity contribution in [3.8, 4) is 17.0 Å². The molecule has 2 rings (SSSR count). The van der Waals surface area contributed by atoms with E-state index in [1.54, 1.807) is 19.2 Å². The Morgan fingerprint density at radius 3 is 2.83 bits per heavy atom. The predicted molar refractivity (Wildman–Crippen MR) is 68.4 cm³/mol. The van der Waals surface area contributed by atoms with E-state index in [0.29, 0.717) is 17.0 Å². The third kappa shape index (κ3) is 2.38. The number of rotatable bonds is 3. The molecule has 0 spiro atoms. The van der Waals surface area contributed by atoms with Crippen molar-refractivity contribution >= 4 is 18.2 Å². The first-order valence-corrected chi connectivity index (χ1v) is 5.50. The van der Waals surface area contributed by atoms with Gasteiger partial charge in [0.25, 0.3) is 0 Å². The molecule has 6 heteroatoms. The second-order valence-electron chi connectivity index (χ2n) is 3.49. The summed E-state index contributed by atoms with van der Waals surface area (Å²) >= 11 is 4.91. The van der Waals surface area contributed by atoms with Gasteiger partial charge in [-0.25, -0.2) is 9.78 Å². The summed E-state index contributed by atoms with van der Waals surface area (Å²) in [6.45, 7) is 0. The molecule has 0 saturated carbocycles. The smallest absolute Gasteiger partial charge is 0.352 e. The summed E-state index contributed by atoms with van der Waals surface area (Å²) in [5, 5.41) is 8.97. The van der Waals surface area contributed by atoms with Gasteiger partial charge in [0.1, 0.15) is 11.4 Å². The fraction of sp³-hybridized carbons (Fsp3) is 0.0833. The molecule has 0 aliphatic carbocycles. The highest BCUT2D eigenvalue weighted by Gasteiger charge is 2.10. The molecule has 92 valence electrons. The van der Waals surface area contributed by atoms with Crippen LogP contribution >= 0.6 is 12.2 Å². The Kier molecular flexibility index (Phi) is 3.38. The highest BCUT2D eigenvalue weighted by Crippen LogP contribution is 2.28. The number of hydrogen-bond donors (Lipinski definition) is 2. The Morgan fingerprint density at radius 2 is 2.17 bits per heavy atom. The SMILES string of the molecule is COc1ccccc1-c1cc(C(=O)O)[nH]c(=S)n1. The van der Waals surface area contributed by atoms with Crippen molar-refractivity contribution in [1.82, 2.24) is 9.97 Å². The predicted octanol–water partition coefficient (Wildman–Crippen LogP) is 2.51. The fourth-order valence-electron chi connectivity index (χ4n) is 1.57. The van der Waals surface area contributed by atoms with Gasteiger partial charge in [-0.1, -0.05) is 12.1 Å². The van der Waals surface area contributed by atoms with Gasteiger partial charge in [0.15, 0.2) is 4.77 Å². The van der Waals surface area contributed by atoms with E-state index in [1.165, 1.54) is 6.07 Å². The van der Waals surface area contributed by atoms with Gasteiger partial charge in [0.05, 0.1) is 12.8 Å². The lowest BCUT2D eigenvalue weighted by atomic mass is 10.1. The zero-order valence-corrected chi connectivity index (χ0v) is 10.3. The Labute approximate surface area is 108 Å². The third-order valence-electron chi connectivity index (χ3n) is 2.36. The second-order valence-corrected chi connectivity index (χ2v) is 3.88. The summed E-state index contributed by atoms with van der Waals surface area (Å²) in [7, 11) is 1.54. The number of aromatic nitrogens is 2. The van der Waals surface area contributed by atoms with Gasteiger partial charge in [-0.2, -0.15) is 0 Å². The largest absolute Gasteiger partial charge is 0.496 e. The van der Waals surface area contributed by atoms with Crippen molar-refractivity contribution in [2.24, 2.45) is 0 Å². The van der Waals surface area contributed by atoms with E-state index in [-0.39, 0.29) is 10.5 Å². The van der Waals surface area contributed by atoms with E-state index in [9.17, 15) is 4.79 Å². The van der Waals surface area contributed by atoms with Gasteiger partial charge in [-0.3, -0.25) is 0 Å². The van der Waals surface area contributed by atoms with Crippen molar-refractivity contribution in [2.75, 3.05) is 7.11 Å². The van der Waals surface area contributed by atoms with Crippen LogP contribution in [0, 0.1) is 4.77 Å². The number of ether oxygens (including phenoxy) is 1. The summed E-state index contributed by atoms with van der Waals surface area (Å²) in [4.78, 5) is 17.6. The normalized spacial score (nSPS) is 10.1. The first kappa shape index (κ1) is 12.3. The number of benzene rings is 1. The lowest BCUT2D eigenvalue weighted by molar-refractivity contribution is 0.0690. The van der Waals surface area contributed by atoms with Crippen LogP contribution in [0.25, 0.3) is 11.3 Å². The highest BCUT2D eigenvalue weighted by atomic mass is 32.1. The summed E-state index contributed by atoms with van der Waals surface area (Å²) in [6, 6.07) is 8.64. The monoisotopic (exact) mass is 262 g/mol. The van der Waals surface area contributed by atoms with Gasteiger partial charge in [-0.15, -0.1) is 0 Å². The van der Waals surface area contributed by atoms with E-state index in [2.05, 4.69) is 9.97 Å². The first-order chi connectivity index (χ1) is 8.61. The molecule has 0 atom stereocenters. The molecule has 0 amide bonds. The molecule has 2 N–H and O–H groups in total. The Balaban J connectivity index is 2.64. The molecule has 1 heterocycles. The quantitative estimate of drug-likeness (QED) is 0.831.